The van der Waals surface area contributed by atoms with Crippen molar-refractivity contribution in [1.82, 2.24) is 4.98 Å². The molecule has 0 bridgehead atoms. The molecule has 0 saturated carbocycles. The van der Waals surface area contributed by atoms with Gasteiger partial charge in [-0.1, -0.05) is 36.4 Å². The standard InChI is InChI=1S/C22H13FN2OS/c23-18-11-10-15(13-20(18)26-17-6-2-1-3-7-17)12-16(14-24)22-25-19-8-4-5-9-21(19)27-22/h1-13H. The number of halogens is 1. The van der Waals surface area contributed by atoms with E-state index in [1.165, 1.54) is 17.4 Å². The minimum atomic E-state index is -0.463. The zero-order valence-electron chi connectivity index (χ0n) is 14.1. The largest absolute Gasteiger partial charge is 0.454 e. The highest BCUT2D eigenvalue weighted by molar-refractivity contribution is 7.19. The van der Waals surface area contributed by atoms with Crippen molar-refractivity contribution in [3.8, 4) is 17.6 Å². The molecule has 3 aromatic carbocycles. The summed E-state index contributed by atoms with van der Waals surface area (Å²) in [5.74, 6) is 0.190. The van der Waals surface area contributed by atoms with Gasteiger partial charge in [0, 0.05) is 0 Å². The van der Waals surface area contributed by atoms with Crippen LogP contribution >= 0.6 is 11.3 Å². The Hall–Kier alpha value is -3.49. The van der Waals surface area contributed by atoms with Crippen molar-refractivity contribution in [3.05, 3.63) is 89.2 Å². The Morgan fingerprint density at radius 2 is 1.81 bits per heavy atom. The maximum Gasteiger partial charge on any atom is 0.165 e. The van der Waals surface area contributed by atoms with Crippen molar-refractivity contribution in [2.75, 3.05) is 0 Å². The van der Waals surface area contributed by atoms with Crippen molar-refractivity contribution >= 4 is 33.2 Å². The van der Waals surface area contributed by atoms with E-state index in [4.69, 9.17) is 4.74 Å². The molecule has 0 amide bonds. The van der Waals surface area contributed by atoms with Gasteiger partial charge in [-0.25, -0.2) is 9.37 Å². The number of hydrogen-bond donors (Lipinski definition) is 0. The monoisotopic (exact) mass is 372 g/mol. The number of thiazole rings is 1. The number of nitrogens with zero attached hydrogens (tertiary/aromatic N) is 2. The molecule has 0 spiro atoms. The lowest BCUT2D eigenvalue weighted by molar-refractivity contribution is 0.442. The van der Waals surface area contributed by atoms with Gasteiger partial charge in [-0.3, -0.25) is 0 Å². The van der Waals surface area contributed by atoms with E-state index in [0.717, 1.165) is 10.2 Å². The van der Waals surface area contributed by atoms with Gasteiger partial charge >= 0.3 is 0 Å². The van der Waals surface area contributed by atoms with Crippen molar-refractivity contribution < 1.29 is 9.13 Å². The molecular weight excluding hydrogens is 359 g/mol. The summed E-state index contributed by atoms with van der Waals surface area (Å²) in [6.45, 7) is 0. The van der Waals surface area contributed by atoms with Crippen LogP contribution in [0.1, 0.15) is 10.6 Å². The van der Waals surface area contributed by atoms with Crippen LogP contribution in [0.25, 0.3) is 21.9 Å². The van der Waals surface area contributed by atoms with Crippen LogP contribution < -0.4 is 4.74 Å². The van der Waals surface area contributed by atoms with Crippen molar-refractivity contribution in [2.45, 2.75) is 0 Å². The van der Waals surface area contributed by atoms with Gasteiger partial charge in [0.1, 0.15) is 16.8 Å². The molecular formula is C22H13FN2OS. The van der Waals surface area contributed by atoms with Gasteiger partial charge in [0.25, 0.3) is 0 Å². The van der Waals surface area contributed by atoms with Gasteiger partial charge in [0.05, 0.1) is 15.8 Å². The predicted molar refractivity (Wildman–Crippen MR) is 106 cm³/mol. The Morgan fingerprint density at radius 1 is 1.04 bits per heavy atom. The molecule has 3 nitrogen and oxygen atoms in total. The van der Waals surface area contributed by atoms with E-state index in [1.54, 1.807) is 30.3 Å². The fraction of sp³-hybridized carbons (Fsp3) is 0. The quantitative estimate of drug-likeness (QED) is 0.395. The fourth-order valence-electron chi connectivity index (χ4n) is 2.60. The molecule has 0 fully saturated rings. The lowest BCUT2D eigenvalue weighted by atomic mass is 10.1. The van der Waals surface area contributed by atoms with Gasteiger partial charge in [-0.2, -0.15) is 5.26 Å². The highest BCUT2D eigenvalue weighted by Gasteiger charge is 2.10. The van der Waals surface area contributed by atoms with Crippen LogP contribution in [-0.4, -0.2) is 4.98 Å². The lowest BCUT2D eigenvalue weighted by Gasteiger charge is -2.07. The van der Waals surface area contributed by atoms with E-state index in [2.05, 4.69) is 11.1 Å². The zero-order chi connectivity index (χ0) is 18.6. The zero-order valence-corrected chi connectivity index (χ0v) is 14.9. The predicted octanol–water partition coefficient (Wildman–Crippen LogP) is 6.29. The molecule has 1 heterocycles. The first-order valence-electron chi connectivity index (χ1n) is 8.23. The van der Waals surface area contributed by atoms with Crippen LogP contribution in [0, 0.1) is 17.1 Å². The van der Waals surface area contributed by atoms with Crippen molar-refractivity contribution in [2.24, 2.45) is 0 Å². The summed E-state index contributed by atoms with van der Waals surface area (Å²) in [4.78, 5) is 4.51. The molecule has 0 radical (unpaired) electrons. The summed E-state index contributed by atoms with van der Waals surface area (Å²) in [6, 6.07) is 23.4. The molecule has 4 aromatic rings. The van der Waals surface area contributed by atoms with Crippen molar-refractivity contribution in [1.29, 1.82) is 5.26 Å². The third-order valence-electron chi connectivity index (χ3n) is 3.88. The Balaban J connectivity index is 1.69. The number of hydrogen-bond acceptors (Lipinski definition) is 4. The minimum Gasteiger partial charge on any atom is -0.454 e. The number of rotatable bonds is 4. The van der Waals surface area contributed by atoms with Crippen molar-refractivity contribution in [3.63, 3.8) is 0 Å². The average molecular weight is 372 g/mol. The van der Waals surface area contributed by atoms with E-state index in [1.807, 2.05) is 42.5 Å². The fourth-order valence-corrected chi connectivity index (χ4v) is 3.53. The molecule has 130 valence electrons. The molecule has 0 unspecified atom stereocenters. The number of fused-ring (bicyclic) bond motifs is 1. The van der Waals surface area contributed by atoms with E-state index in [9.17, 15) is 9.65 Å². The minimum absolute atomic E-state index is 0.108. The summed E-state index contributed by atoms with van der Waals surface area (Å²) in [5, 5.41) is 10.2. The molecule has 27 heavy (non-hydrogen) atoms. The van der Waals surface area contributed by atoms with Gasteiger partial charge in [0.15, 0.2) is 11.6 Å². The van der Waals surface area contributed by atoms with Crippen LogP contribution in [0.4, 0.5) is 4.39 Å². The molecule has 0 atom stereocenters. The number of aromatic nitrogens is 1. The van der Waals surface area contributed by atoms with Gasteiger partial charge in [-0.05, 0) is 48.0 Å². The van der Waals surface area contributed by atoms with Crippen LogP contribution in [0.5, 0.6) is 11.5 Å². The molecule has 0 aliphatic carbocycles. The van der Waals surface area contributed by atoms with E-state index in [-0.39, 0.29) is 5.75 Å². The third kappa shape index (κ3) is 3.71. The first-order chi connectivity index (χ1) is 13.2. The summed E-state index contributed by atoms with van der Waals surface area (Å²) in [7, 11) is 0. The van der Waals surface area contributed by atoms with Gasteiger partial charge in [0.2, 0.25) is 0 Å². The topological polar surface area (TPSA) is 45.9 Å². The average Bonchev–Trinajstić information content (AvgIpc) is 3.13. The number of ether oxygens (including phenoxy) is 1. The molecule has 0 N–H and O–H groups in total. The first kappa shape index (κ1) is 17.0. The van der Waals surface area contributed by atoms with Gasteiger partial charge < -0.3 is 4.74 Å². The van der Waals surface area contributed by atoms with Gasteiger partial charge in [-0.15, -0.1) is 11.3 Å². The number of allylic oxidation sites excluding steroid dienone is 1. The number of nitriles is 1. The van der Waals surface area contributed by atoms with E-state index < -0.39 is 5.82 Å². The van der Waals surface area contributed by atoms with Crippen LogP contribution in [0.3, 0.4) is 0 Å². The molecule has 5 heteroatoms. The lowest BCUT2D eigenvalue weighted by Crippen LogP contribution is -1.89. The Labute approximate surface area is 159 Å². The smallest absolute Gasteiger partial charge is 0.165 e. The summed E-state index contributed by atoms with van der Waals surface area (Å²) in [5.41, 5.74) is 1.94. The SMILES string of the molecule is N#CC(=Cc1ccc(F)c(Oc2ccccc2)c1)c1nc2ccccc2s1. The molecule has 0 aliphatic heterocycles. The first-order valence-corrected chi connectivity index (χ1v) is 9.05. The number of benzene rings is 3. The summed E-state index contributed by atoms with van der Waals surface area (Å²) < 4.78 is 20.7. The third-order valence-corrected chi connectivity index (χ3v) is 4.95. The number of para-hydroxylation sites is 2. The Morgan fingerprint density at radius 3 is 2.59 bits per heavy atom. The second kappa shape index (κ2) is 7.40. The van der Waals surface area contributed by atoms with Crippen LogP contribution in [-0.2, 0) is 0 Å². The maximum atomic E-state index is 14.1. The normalized spacial score (nSPS) is 11.3. The van der Waals surface area contributed by atoms with Crippen LogP contribution in [0.2, 0.25) is 0 Å². The Kier molecular flexibility index (Phi) is 4.65. The van der Waals surface area contributed by atoms with Crippen LogP contribution in [0.15, 0.2) is 72.8 Å². The molecule has 0 aliphatic rings. The Bertz CT molecular complexity index is 1140. The second-order valence-electron chi connectivity index (χ2n) is 5.76. The second-order valence-corrected chi connectivity index (χ2v) is 6.79. The molecule has 0 saturated heterocycles. The molecule has 4 rings (SSSR count). The van der Waals surface area contributed by atoms with E-state index >= 15 is 0 Å². The summed E-state index contributed by atoms with van der Waals surface area (Å²) in [6.07, 6.45) is 1.69. The highest BCUT2D eigenvalue weighted by atomic mass is 32.1. The maximum absolute atomic E-state index is 14.1. The molecule has 1 aromatic heterocycles. The highest BCUT2D eigenvalue weighted by Crippen LogP contribution is 2.30. The summed E-state index contributed by atoms with van der Waals surface area (Å²) >= 11 is 1.45. The van der Waals surface area contributed by atoms with E-state index in [0.29, 0.717) is 21.9 Å².